The first kappa shape index (κ1) is 15.2. The van der Waals surface area contributed by atoms with Gasteiger partial charge in [0.25, 0.3) is 5.56 Å². The average Bonchev–Trinajstić information content (AvgIpc) is 3.15. The minimum atomic E-state index is -0.188. The number of fused-ring (bicyclic) bond motifs is 1. The predicted octanol–water partition coefficient (Wildman–Crippen LogP) is 2.70. The van der Waals surface area contributed by atoms with Crippen LogP contribution in [0.3, 0.4) is 0 Å². The Labute approximate surface area is 143 Å². The maximum Gasteiger partial charge on any atom is 0.267 e. The minimum absolute atomic E-state index is 0.188. The maximum atomic E-state index is 13.3. The van der Waals surface area contributed by atoms with Crippen LogP contribution in [-0.2, 0) is 6.42 Å². The van der Waals surface area contributed by atoms with Crippen molar-refractivity contribution in [3.05, 3.63) is 64.9 Å². The van der Waals surface area contributed by atoms with Crippen LogP contribution in [0, 0.1) is 6.92 Å². The molecular weight excluding hydrogens is 318 g/mol. The Morgan fingerprint density at radius 1 is 1.16 bits per heavy atom. The van der Waals surface area contributed by atoms with Crippen molar-refractivity contribution in [2.24, 2.45) is 0 Å². The van der Waals surface area contributed by atoms with Crippen LogP contribution in [0.15, 0.2) is 52.2 Å². The van der Waals surface area contributed by atoms with Crippen LogP contribution in [0.4, 0.5) is 0 Å². The van der Waals surface area contributed by atoms with Gasteiger partial charge in [0.15, 0.2) is 5.82 Å². The van der Waals surface area contributed by atoms with Gasteiger partial charge in [-0.1, -0.05) is 24.2 Å². The van der Waals surface area contributed by atoms with Gasteiger partial charge in [-0.05, 0) is 18.6 Å². The normalized spacial score (nSPS) is 11.1. The van der Waals surface area contributed by atoms with E-state index in [2.05, 4.69) is 20.1 Å². The van der Waals surface area contributed by atoms with Gasteiger partial charge < -0.3 is 4.52 Å². The van der Waals surface area contributed by atoms with Gasteiger partial charge in [-0.3, -0.25) is 4.79 Å². The van der Waals surface area contributed by atoms with Gasteiger partial charge in [-0.2, -0.15) is 0 Å². The van der Waals surface area contributed by atoms with E-state index in [1.165, 1.54) is 10.8 Å². The van der Waals surface area contributed by atoms with E-state index in [0.29, 0.717) is 34.8 Å². The molecule has 0 N–H and O–H groups in total. The van der Waals surface area contributed by atoms with Crippen LogP contribution in [-0.4, -0.2) is 24.7 Å². The summed E-state index contributed by atoms with van der Waals surface area (Å²) in [5.41, 5.74) is 1.97. The van der Waals surface area contributed by atoms with Crippen LogP contribution >= 0.6 is 0 Å². The van der Waals surface area contributed by atoms with Crippen molar-refractivity contribution in [1.29, 1.82) is 0 Å². The molecule has 0 unspecified atom stereocenters. The summed E-state index contributed by atoms with van der Waals surface area (Å²) >= 11 is 0. The highest BCUT2D eigenvalue weighted by Crippen LogP contribution is 2.25. The van der Waals surface area contributed by atoms with Gasteiger partial charge in [0.2, 0.25) is 0 Å². The molecular formula is C18H15N5O2. The molecule has 0 aliphatic heterocycles. The summed E-state index contributed by atoms with van der Waals surface area (Å²) < 4.78 is 6.40. The van der Waals surface area contributed by atoms with E-state index in [1.54, 1.807) is 18.5 Å². The van der Waals surface area contributed by atoms with Crippen LogP contribution in [0.1, 0.15) is 18.6 Å². The van der Waals surface area contributed by atoms with E-state index in [4.69, 9.17) is 4.52 Å². The highest BCUT2D eigenvalue weighted by Gasteiger charge is 2.17. The van der Waals surface area contributed by atoms with Crippen LogP contribution in [0.25, 0.3) is 27.8 Å². The molecule has 0 saturated carbocycles. The van der Waals surface area contributed by atoms with Crippen molar-refractivity contribution in [2.75, 3.05) is 0 Å². The van der Waals surface area contributed by atoms with Gasteiger partial charge in [-0.15, -0.1) is 0 Å². The molecule has 1 aromatic carbocycles. The number of aromatic nitrogens is 5. The van der Waals surface area contributed by atoms with Gasteiger partial charge in [0.05, 0.1) is 10.9 Å². The maximum absolute atomic E-state index is 13.3. The van der Waals surface area contributed by atoms with Gasteiger partial charge in [-0.25, -0.2) is 19.5 Å². The molecule has 0 spiro atoms. The highest BCUT2D eigenvalue weighted by molar-refractivity contribution is 5.93. The number of nitrogens with zero attached hydrogens (tertiary/aromatic N) is 5. The molecule has 3 aromatic heterocycles. The Balaban J connectivity index is 2.08. The van der Waals surface area contributed by atoms with Gasteiger partial charge in [0.1, 0.15) is 17.9 Å². The lowest BCUT2D eigenvalue weighted by molar-refractivity contribution is 0.415. The Morgan fingerprint density at radius 3 is 2.64 bits per heavy atom. The second-order valence-electron chi connectivity index (χ2n) is 5.60. The second-order valence-corrected chi connectivity index (χ2v) is 5.60. The lowest BCUT2D eigenvalue weighted by atomic mass is 10.0. The first-order valence-electron chi connectivity index (χ1n) is 7.93. The lowest BCUT2D eigenvalue weighted by Gasteiger charge is -2.12. The van der Waals surface area contributed by atoms with Crippen molar-refractivity contribution in [3.8, 4) is 16.9 Å². The third-order valence-corrected chi connectivity index (χ3v) is 4.03. The monoisotopic (exact) mass is 333 g/mol. The summed E-state index contributed by atoms with van der Waals surface area (Å²) in [6.45, 7) is 3.77. The Kier molecular flexibility index (Phi) is 3.61. The summed E-state index contributed by atoms with van der Waals surface area (Å²) in [6.07, 6.45) is 5.45. The number of benzene rings is 1. The minimum Gasteiger partial charge on any atom is -0.363 e. The summed E-state index contributed by atoms with van der Waals surface area (Å²) in [5, 5.41) is 4.41. The van der Waals surface area contributed by atoms with Crippen LogP contribution in [0.2, 0.25) is 0 Å². The number of hydrogen-bond donors (Lipinski definition) is 0. The molecule has 0 bridgehead atoms. The topological polar surface area (TPSA) is 86.7 Å². The van der Waals surface area contributed by atoms with E-state index in [-0.39, 0.29) is 5.56 Å². The standard InChI is InChI=1S/C18H15N5O2/c1-3-15-21-14-6-4-5-13(12-9-19-11(2)20-10-12)17(14)18(24)23(15)16-7-8-25-22-16/h4-10H,3H2,1-2H3. The van der Waals surface area contributed by atoms with Gasteiger partial charge >= 0.3 is 0 Å². The highest BCUT2D eigenvalue weighted by atomic mass is 16.5. The third kappa shape index (κ3) is 2.50. The summed E-state index contributed by atoms with van der Waals surface area (Å²) in [6, 6.07) is 7.23. The zero-order valence-electron chi connectivity index (χ0n) is 13.8. The second kappa shape index (κ2) is 5.94. The molecule has 0 aliphatic rings. The summed E-state index contributed by atoms with van der Waals surface area (Å²) in [7, 11) is 0. The van der Waals surface area contributed by atoms with Crippen molar-refractivity contribution in [1.82, 2.24) is 24.7 Å². The first-order valence-corrected chi connectivity index (χ1v) is 7.93. The molecule has 4 rings (SSSR count). The quantitative estimate of drug-likeness (QED) is 0.573. The third-order valence-electron chi connectivity index (χ3n) is 4.03. The zero-order chi connectivity index (χ0) is 17.4. The molecule has 25 heavy (non-hydrogen) atoms. The Bertz CT molecular complexity index is 1100. The fraction of sp³-hybridized carbons (Fsp3) is 0.167. The zero-order valence-corrected chi connectivity index (χ0v) is 13.8. The predicted molar refractivity (Wildman–Crippen MR) is 92.5 cm³/mol. The fourth-order valence-electron chi connectivity index (χ4n) is 2.84. The molecule has 0 fully saturated rings. The van der Waals surface area contributed by atoms with E-state index >= 15 is 0 Å². The van der Waals surface area contributed by atoms with Crippen molar-refractivity contribution in [3.63, 3.8) is 0 Å². The number of aryl methyl sites for hydroxylation is 2. The van der Waals surface area contributed by atoms with Gasteiger partial charge in [0, 0.05) is 30.4 Å². The van der Waals surface area contributed by atoms with Crippen molar-refractivity contribution >= 4 is 10.9 Å². The summed E-state index contributed by atoms with van der Waals surface area (Å²) in [4.78, 5) is 26.4. The lowest BCUT2D eigenvalue weighted by Crippen LogP contribution is -2.24. The molecule has 7 nitrogen and oxygen atoms in total. The van der Waals surface area contributed by atoms with E-state index in [1.807, 2.05) is 32.0 Å². The number of hydrogen-bond acceptors (Lipinski definition) is 6. The largest absolute Gasteiger partial charge is 0.363 e. The Hall–Kier alpha value is -3.35. The summed E-state index contributed by atoms with van der Waals surface area (Å²) in [5.74, 6) is 1.73. The van der Waals surface area contributed by atoms with Crippen LogP contribution in [0.5, 0.6) is 0 Å². The molecule has 0 saturated heterocycles. The van der Waals surface area contributed by atoms with E-state index in [0.717, 1.165) is 11.1 Å². The molecule has 3 heterocycles. The fourth-order valence-corrected chi connectivity index (χ4v) is 2.84. The molecule has 4 aromatic rings. The smallest absolute Gasteiger partial charge is 0.267 e. The SMILES string of the molecule is CCc1nc2cccc(-c3cnc(C)nc3)c2c(=O)n1-c1ccon1. The van der Waals surface area contributed by atoms with Crippen molar-refractivity contribution < 1.29 is 4.52 Å². The van der Waals surface area contributed by atoms with E-state index in [9.17, 15) is 4.79 Å². The molecule has 0 radical (unpaired) electrons. The molecule has 0 amide bonds. The van der Waals surface area contributed by atoms with Crippen LogP contribution < -0.4 is 5.56 Å². The molecule has 124 valence electrons. The molecule has 0 atom stereocenters. The number of rotatable bonds is 3. The average molecular weight is 333 g/mol. The molecule has 0 aliphatic carbocycles. The first-order chi connectivity index (χ1) is 12.2. The van der Waals surface area contributed by atoms with Crippen molar-refractivity contribution in [2.45, 2.75) is 20.3 Å². The van der Waals surface area contributed by atoms with E-state index < -0.39 is 0 Å². The Morgan fingerprint density at radius 2 is 1.96 bits per heavy atom. The molecule has 7 heteroatoms.